The predicted molar refractivity (Wildman–Crippen MR) is 145 cm³/mol. The SMILES string of the molecule is COC(=O)NC(Cc1cn(C=O)c2ccccc12)C(=O)N(CC(=O)OCc1ccccc1)Cc1ccccc1. The van der Waals surface area contributed by atoms with Crippen molar-refractivity contribution < 1.29 is 28.7 Å². The molecule has 1 unspecified atom stereocenters. The number of fused-ring (bicyclic) bond motifs is 1. The first kappa shape index (κ1) is 27.1. The lowest BCUT2D eigenvalue weighted by Gasteiger charge is -2.27. The number of ether oxygens (including phenoxy) is 2. The van der Waals surface area contributed by atoms with Gasteiger partial charge in [-0.25, -0.2) is 4.79 Å². The molecule has 0 aliphatic carbocycles. The number of carbonyl (C=O) groups is 4. The number of carbonyl (C=O) groups excluding carboxylic acids is 4. The molecule has 2 amide bonds. The Kier molecular flexibility index (Phi) is 9.07. The molecular formula is C30H29N3O6. The lowest BCUT2D eigenvalue weighted by molar-refractivity contribution is -0.151. The number of nitrogens with zero attached hydrogens (tertiary/aromatic N) is 2. The quantitative estimate of drug-likeness (QED) is 0.235. The second-order valence-electron chi connectivity index (χ2n) is 8.90. The molecule has 9 nitrogen and oxygen atoms in total. The van der Waals surface area contributed by atoms with E-state index in [1.54, 1.807) is 12.3 Å². The Labute approximate surface area is 225 Å². The molecule has 200 valence electrons. The molecular weight excluding hydrogens is 498 g/mol. The molecule has 0 bridgehead atoms. The van der Waals surface area contributed by atoms with Crippen LogP contribution in [-0.2, 0) is 43.4 Å². The summed E-state index contributed by atoms with van der Waals surface area (Å²) in [4.78, 5) is 51.9. The molecule has 0 fully saturated rings. The largest absolute Gasteiger partial charge is 0.459 e. The van der Waals surface area contributed by atoms with Gasteiger partial charge in [0.05, 0.1) is 12.6 Å². The Morgan fingerprint density at radius 3 is 2.23 bits per heavy atom. The van der Waals surface area contributed by atoms with Gasteiger partial charge in [-0.1, -0.05) is 78.9 Å². The second kappa shape index (κ2) is 13.0. The van der Waals surface area contributed by atoms with Crippen molar-refractivity contribution >= 4 is 35.3 Å². The number of hydrogen-bond acceptors (Lipinski definition) is 6. The molecule has 0 saturated carbocycles. The number of hydrogen-bond donors (Lipinski definition) is 1. The van der Waals surface area contributed by atoms with Crippen molar-refractivity contribution in [3.8, 4) is 0 Å². The van der Waals surface area contributed by atoms with Crippen LogP contribution in [0.2, 0.25) is 0 Å². The Morgan fingerprint density at radius 2 is 1.56 bits per heavy atom. The molecule has 4 rings (SSSR count). The summed E-state index contributed by atoms with van der Waals surface area (Å²) in [7, 11) is 1.21. The number of benzene rings is 3. The van der Waals surface area contributed by atoms with Gasteiger partial charge in [0.25, 0.3) is 0 Å². The normalized spacial score (nSPS) is 11.4. The molecule has 1 aromatic heterocycles. The topological polar surface area (TPSA) is 107 Å². The average Bonchev–Trinajstić information content (AvgIpc) is 3.33. The second-order valence-corrected chi connectivity index (χ2v) is 8.90. The minimum absolute atomic E-state index is 0.0691. The van der Waals surface area contributed by atoms with Crippen LogP contribution in [0.4, 0.5) is 4.79 Å². The predicted octanol–water partition coefficient (Wildman–Crippen LogP) is 3.72. The average molecular weight is 528 g/mol. The Bertz CT molecular complexity index is 1440. The van der Waals surface area contributed by atoms with Crippen LogP contribution in [0.5, 0.6) is 0 Å². The van der Waals surface area contributed by atoms with Gasteiger partial charge in [0, 0.05) is 24.5 Å². The van der Waals surface area contributed by atoms with E-state index < -0.39 is 24.0 Å². The van der Waals surface area contributed by atoms with Crippen LogP contribution >= 0.6 is 0 Å². The summed E-state index contributed by atoms with van der Waals surface area (Å²) in [5.41, 5.74) is 2.98. The number of esters is 1. The smallest absolute Gasteiger partial charge is 0.407 e. The highest BCUT2D eigenvalue weighted by molar-refractivity contribution is 5.92. The zero-order chi connectivity index (χ0) is 27.6. The summed E-state index contributed by atoms with van der Waals surface area (Å²) >= 11 is 0. The molecule has 3 aromatic carbocycles. The Balaban J connectivity index is 1.59. The highest BCUT2D eigenvalue weighted by Gasteiger charge is 2.29. The molecule has 39 heavy (non-hydrogen) atoms. The van der Waals surface area contributed by atoms with Gasteiger partial charge in [-0.15, -0.1) is 0 Å². The first-order valence-electron chi connectivity index (χ1n) is 12.4. The molecule has 9 heteroatoms. The zero-order valence-corrected chi connectivity index (χ0v) is 21.5. The maximum Gasteiger partial charge on any atom is 0.407 e. The van der Waals surface area contributed by atoms with E-state index in [4.69, 9.17) is 9.47 Å². The van der Waals surface area contributed by atoms with E-state index in [2.05, 4.69) is 5.32 Å². The van der Waals surface area contributed by atoms with E-state index in [0.29, 0.717) is 17.5 Å². The van der Waals surface area contributed by atoms with Gasteiger partial charge in [-0.2, -0.15) is 0 Å². The number of alkyl carbamates (subject to hydrolysis) is 1. The van der Waals surface area contributed by atoms with Gasteiger partial charge in [-0.3, -0.25) is 19.0 Å². The molecule has 1 N–H and O–H groups in total. The van der Waals surface area contributed by atoms with Gasteiger partial charge in [0.1, 0.15) is 19.2 Å². The van der Waals surface area contributed by atoms with Crippen molar-refractivity contribution in [1.29, 1.82) is 0 Å². The third kappa shape index (κ3) is 7.10. The van der Waals surface area contributed by atoms with E-state index in [0.717, 1.165) is 16.5 Å². The highest BCUT2D eigenvalue weighted by atomic mass is 16.5. The van der Waals surface area contributed by atoms with Crippen LogP contribution in [0.3, 0.4) is 0 Å². The van der Waals surface area contributed by atoms with Crippen molar-refractivity contribution in [3.63, 3.8) is 0 Å². The van der Waals surface area contributed by atoms with E-state index in [9.17, 15) is 19.2 Å². The molecule has 4 aromatic rings. The Hall–Kier alpha value is -4.92. The third-order valence-corrected chi connectivity index (χ3v) is 6.23. The fraction of sp³-hybridized carbons (Fsp3) is 0.200. The lowest BCUT2D eigenvalue weighted by atomic mass is 10.0. The molecule has 0 spiro atoms. The summed E-state index contributed by atoms with van der Waals surface area (Å²) in [6.07, 6.45) is 1.59. The van der Waals surface area contributed by atoms with Crippen LogP contribution in [0, 0.1) is 0 Å². The number of methoxy groups -OCH3 is 1. The highest BCUT2D eigenvalue weighted by Crippen LogP contribution is 2.22. The third-order valence-electron chi connectivity index (χ3n) is 6.23. The minimum Gasteiger partial charge on any atom is -0.459 e. The maximum absolute atomic E-state index is 13.9. The molecule has 1 heterocycles. The van der Waals surface area contributed by atoms with Crippen molar-refractivity contribution in [3.05, 3.63) is 108 Å². The molecule has 0 aliphatic heterocycles. The van der Waals surface area contributed by atoms with Crippen molar-refractivity contribution in [2.75, 3.05) is 13.7 Å². The summed E-state index contributed by atoms with van der Waals surface area (Å²) in [5, 5.41) is 3.37. The first-order valence-corrected chi connectivity index (χ1v) is 12.4. The summed E-state index contributed by atoms with van der Waals surface area (Å²) < 4.78 is 11.6. The lowest BCUT2D eigenvalue weighted by Crippen LogP contribution is -2.50. The molecule has 0 aliphatic rings. The number of amides is 2. The summed E-state index contributed by atoms with van der Waals surface area (Å²) in [6.45, 7) is -0.131. The van der Waals surface area contributed by atoms with Gasteiger partial charge in [-0.05, 0) is 22.8 Å². The molecule has 1 atom stereocenters. The Morgan fingerprint density at radius 1 is 0.923 bits per heavy atom. The van der Waals surface area contributed by atoms with Crippen molar-refractivity contribution in [1.82, 2.24) is 14.8 Å². The van der Waals surface area contributed by atoms with E-state index in [1.165, 1.54) is 16.6 Å². The summed E-state index contributed by atoms with van der Waals surface area (Å²) in [6, 6.07) is 24.7. The van der Waals surface area contributed by atoms with Crippen LogP contribution in [0.15, 0.2) is 91.1 Å². The number of para-hydroxylation sites is 1. The number of rotatable bonds is 11. The van der Waals surface area contributed by atoms with E-state index in [-0.39, 0.29) is 26.1 Å². The molecule has 0 saturated heterocycles. The maximum atomic E-state index is 13.9. The summed E-state index contributed by atoms with van der Waals surface area (Å²) in [5.74, 6) is -1.08. The van der Waals surface area contributed by atoms with Crippen LogP contribution < -0.4 is 5.32 Å². The van der Waals surface area contributed by atoms with Crippen LogP contribution in [0.25, 0.3) is 10.9 Å². The van der Waals surface area contributed by atoms with Crippen molar-refractivity contribution in [2.45, 2.75) is 25.6 Å². The monoisotopic (exact) mass is 527 g/mol. The van der Waals surface area contributed by atoms with Gasteiger partial charge in [0.15, 0.2) is 0 Å². The molecule has 0 radical (unpaired) electrons. The van der Waals surface area contributed by atoms with Crippen LogP contribution in [0.1, 0.15) is 16.7 Å². The fourth-order valence-corrected chi connectivity index (χ4v) is 4.32. The number of nitrogens with one attached hydrogen (secondary N) is 1. The van der Waals surface area contributed by atoms with E-state index in [1.807, 2.05) is 78.9 Å². The van der Waals surface area contributed by atoms with Gasteiger partial charge < -0.3 is 19.7 Å². The van der Waals surface area contributed by atoms with E-state index >= 15 is 0 Å². The van der Waals surface area contributed by atoms with Gasteiger partial charge in [0.2, 0.25) is 12.3 Å². The van der Waals surface area contributed by atoms with Crippen molar-refractivity contribution in [2.24, 2.45) is 0 Å². The fourth-order valence-electron chi connectivity index (χ4n) is 4.32. The number of aromatic nitrogens is 1. The standard InChI is InChI=1S/C30H29N3O6/c1-38-30(37)31-26(16-24-18-33(21-34)27-15-9-8-14-25(24)27)29(36)32(17-22-10-4-2-5-11-22)19-28(35)39-20-23-12-6-3-7-13-23/h2-15,18,21,26H,16-17,19-20H2,1H3,(H,31,37). The van der Waals surface area contributed by atoms with Gasteiger partial charge >= 0.3 is 12.1 Å². The minimum atomic E-state index is -1.08. The first-order chi connectivity index (χ1) is 19.0. The van der Waals surface area contributed by atoms with Crippen LogP contribution in [-0.4, -0.2) is 53.5 Å². The zero-order valence-electron chi connectivity index (χ0n) is 21.5.